The Kier molecular flexibility index (Phi) is 5.82. The lowest BCUT2D eigenvalue weighted by Gasteiger charge is -2.12. The van der Waals surface area contributed by atoms with Gasteiger partial charge in [0.25, 0.3) is 0 Å². The molecule has 42 heavy (non-hydrogen) atoms. The van der Waals surface area contributed by atoms with Crippen LogP contribution in [0.4, 0.5) is 0 Å². The minimum atomic E-state index is 0.727. The van der Waals surface area contributed by atoms with E-state index in [1.165, 1.54) is 43.4 Å². The van der Waals surface area contributed by atoms with Gasteiger partial charge in [0, 0.05) is 16.7 Å². The van der Waals surface area contributed by atoms with Crippen LogP contribution >= 0.6 is 0 Å². The normalized spacial score (nSPS) is 11.3. The zero-order chi connectivity index (χ0) is 27.9. The van der Waals surface area contributed by atoms with Gasteiger partial charge in [-0.05, 0) is 55.6 Å². The van der Waals surface area contributed by atoms with Crippen molar-refractivity contribution in [2.75, 3.05) is 0 Å². The molecule has 2 nitrogen and oxygen atoms in total. The molecule has 0 fully saturated rings. The van der Waals surface area contributed by atoms with E-state index in [-0.39, 0.29) is 0 Å². The van der Waals surface area contributed by atoms with Crippen LogP contribution in [0.5, 0.6) is 0 Å². The SMILES string of the molecule is c1ccc(-c2cc(-c3ccc(-c4ccc5c6ccccc6c6ccccc6c5c4)cc3)nc(-c3ccccc3)n2)cc1. The van der Waals surface area contributed by atoms with Crippen molar-refractivity contribution >= 4 is 32.3 Å². The average Bonchev–Trinajstić information content (AvgIpc) is 3.09. The number of benzene rings is 7. The molecule has 0 aliphatic heterocycles. The summed E-state index contributed by atoms with van der Waals surface area (Å²) in [5.41, 5.74) is 7.34. The summed E-state index contributed by atoms with van der Waals surface area (Å²) in [6.07, 6.45) is 0. The molecule has 0 spiro atoms. The van der Waals surface area contributed by atoms with Gasteiger partial charge in [-0.15, -0.1) is 0 Å². The van der Waals surface area contributed by atoms with Gasteiger partial charge in [-0.3, -0.25) is 0 Å². The monoisotopic (exact) mass is 534 g/mol. The van der Waals surface area contributed by atoms with Crippen LogP contribution in [-0.2, 0) is 0 Å². The summed E-state index contributed by atoms with van der Waals surface area (Å²) in [7, 11) is 0. The number of fused-ring (bicyclic) bond motifs is 6. The van der Waals surface area contributed by atoms with E-state index in [9.17, 15) is 0 Å². The fourth-order valence-electron chi connectivity index (χ4n) is 5.99. The second-order valence-electron chi connectivity index (χ2n) is 10.6. The van der Waals surface area contributed by atoms with Crippen molar-refractivity contribution in [2.45, 2.75) is 0 Å². The van der Waals surface area contributed by atoms with E-state index in [0.717, 1.165) is 33.9 Å². The van der Waals surface area contributed by atoms with Gasteiger partial charge >= 0.3 is 0 Å². The van der Waals surface area contributed by atoms with E-state index in [1.807, 2.05) is 36.4 Å². The highest BCUT2D eigenvalue weighted by molar-refractivity contribution is 6.25. The molecule has 0 aliphatic rings. The van der Waals surface area contributed by atoms with Gasteiger partial charge in [-0.25, -0.2) is 9.97 Å². The Bertz CT molecular complexity index is 2130. The maximum atomic E-state index is 4.99. The first kappa shape index (κ1) is 24.2. The topological polar surface area (TPSA) is 25.8 Å². The molecule has 8 aromatic rings. The fraction of sp³-hybridized carbons (Fsp3) is 0. The van der Waals surface area contributed by atoms with Crippen LogP contribution in [-0.4, -0.2) is 9.97 Å². The van der Waals surface area contributed by atoms with Crippen molar-refractivity contribution in [2.24, 2.45) is 0 Å². The van der Waals surface area contributed by atoms with Crippen molar-refractivity contribution < 1.29 is 0 Å². The highest BCUT2D eigenvalue weighted by Gasteiger charge is 2.12. The predicted molar refractivity (Wildman–Crippen MR) is 176 cm³/mol. The second-order valence-corrected chi connectivity index (χ2v) is 10.6. The summed E-state index contributed by atoms with van der Waals surface area (Å²) in [4.78, 5) is 9.92. The number of aromatic nitrogens is 2. The molecule has 0 saturated heterocycles. The molecular formula is C40H26N2. The van der Waals surface area contributed by atoms with Gasteiger partial charge in [-0.1, -0.05) is 146 Å². The van der Waals surface area contributed by atoms with Crippen molar-refractivity contribution in [1.82, 2.24) is 9.97 Å². The van der Waals surface area contributed by atoms with Crippen LogP contribution in [0.3, 0.4) is 0 Å². The molecule has 196 valence electrons. The fourth-order valence-corrected chi connectivity index (χ4v) is 5.99. The molecule has 1 heterocycles. The zero-order valence-electron chi connectivity index (χ0n) is 22.9. The minimum Gasteiger partial charge on any atom is -0.228 e. The summed E-state index contributed by atoms with van der Waals surface area (Å²) in [6, 6.07) is 55.6. The van der Waals surface area contributed by atoms with Crippen LogP contribution in [0.1, 0.15) is 0 Å². The Morgan fingerprint density at radius 1 is 0.262 bits per heavy atom. The van der Waals surface area contributed by atoms with Crippen LogP contribution in [0, 0.1) is 0 Å². The maximum Gasteiger partial charge on any atom is 0.160 e. The lowest BCUT2D eigenvalue weighted by atomic mass is 9.92. The third-order valence-electron chi connectivity index (χ3n) is 8.09. The quantitative estimate of drug-likeness (QED) is 0.210. The minimum absolute atomic E-state index is 0.727. The Morgan fingerprint density at radius 2 is 0.667 bits per heavy atom. The largest absolute Gasteiger partial charge is 0.228 e. The molecule has 0 amide bonds. The van der Waals surface area contributed by atoms with Gasteiger partial charge in [0.15, 0.2) is 5.82 Å². The van der Waals surface area contributed by atoms with Crippen LogP contribution in [0.15, 0.2) is 158 Å². The molecule has 2 heteroatoms. The lowest BCUT2D eigenvalue weighted by Crippen LogP contribution is -1.95. The predicted octanol–water partition coefficient (Wildman–Crippen LogP) is 10.6. The molecule has 1 aromatic heterocycles. The van der Waals surface area contributed by atoms with Gasteiger partial charge in [0.05, 0.1) is 11.4 Å². The Balaban J connectivity index is 1.23. The van der Waals surface area contributed by atoms with Gasteiger partial charge in [0.1, 0.15) is 0 Å². The van der Waals surface area contributed by atoms with Crippen molar-refractivity contribution in [3.8, 4) is 45.0 Å². The number of rotatable bonds is 4. The van der Waals surface area contributed by atoms with E-state index >= 15 is 0 Å². The average molecular weight is 535 g/mol. The van der Waals surface area contributed by atoms with Crippen LogP contribution in [0.25, 0.3) is 77.3 Å². The second kappa shape index (κ2) is 10.1. The third-order valence-corrected chi connectivity index (χ3v) is 8.09. The van der Waals surface area contributed by atoms with Gasteiger partial charge in [0.2, 0.25) is 0 Å². The Hall–Kier alpha value is -5.60. The number of hydrogen-bond acceptors (Lipinski definition) is 2. The molecular weight excluding hydrogens is 508 g/mol. The molecule has 0 unspecified atom stereocenters. The smallest absolute Gasteiger partial charge is 0.160 e. The standard InChI is InChI=1S/C40H26N2/c1-3-11-28(12-4-1)38-26-39(42-40(41-38)30-13-5-2-6-14-30)29-21-19-27(20-22-29)31-23-24-36-34-17-8-7-15-32(34)33-16-9-10-18-35(33)37(36)25-31/h1-26H. The van der Waals surface area contributed by atoms with E-state index in [1.54, 1.807) is 0 Å². The number of nitrogens with zero attached hydrogens (tertiary/aromatic N) is 2. The molecule has 0 radical (unpaired) electrons. The first-order valence-corrected chi connectivity index (χ1v) is 14.3. The molecule has 0 saturated carbocycles. The van der Waals surface area contributed by atoms with Crippen LogP contribution < -0.4 is 0 Å². The zero-order valence-corrected chi connectivity index (χ0v) is 22.9. The molecule has 7 aromatic carbocycles. The van der Waals surface area contributed by atoms with Crippen LogP contribution in [0.2, 0.25) is 0 Å². The number of hydrogen-bond donors (Lipinski definition) is 0. The molecule has 0 bridgehead atoms. The van der Waals surface area contributed by atoms with Crippen molar-refractivity contribution in [3.05, 3.63) is 158 Å². The third kappa shape index (κ3) is 4.22. The summed E-state index contributed by atoms with van der Waals surface area (Å²) in [5.74, 6) is 0.727. The summed E-state index contributed by atoms with van der Waals surface area (Å²) in [6.45, 7) is 0. The molecule has 0 atom stereocenters. The van der Waals surface area contributed by atoms with E-state index in [0.29, 0.717) is 0 Å². The van der Waals surface area contributed by atoms with E-state index < -0.39 is 0 Å². The van der Waals surface area contributed by atoms with Crippen molar-refractivity contribution in [3.63, 3.8) is 0 Å². The molecule has 8 rings (SSSR count). The first-order chi connectivity index (χ1) is 20.8. The van der Waals surface area contributed by atoms with Crippen molar-refractivity contribution in [1.29, 1.82) is 0 Å². The Labute approximate surface area is 244 Å². The summed E-state index contributed by atoms with van der Waals surface area (Å²) >= 11 is 0. The highest BCUT2D eigenvalue weighted by Crippen LogP contribution is 2.37. The summed E-state index contributed by atoms with van der Waals surface area (Å²) < 4.78 is 0. The van der Waals surface area contributed by atoms with Gasteiger partial charge < -0.3 is 0 Å². The Morgan fingerprint density at radius 3 is 1.24 bits per heavy atom. The van der Waals surface area contributed by atoms with E-state index in [4.69, 9.17) is 9.97 Å². The highest BCUT2D eigenvalue weighted by atomic mass is 14.9. The lowest BCUT2D eigenvalue weighted by molar-refractivity contribution is 1.18. The first-order valence-electron chi connectivity index (χ1n) is 14.3. The van der Waals surface area contributed by atoms with E-state index in [2.05, 4.69) is 121 Å². The van der Waals surface area contributed by atoms with Gasteiger partial charge in [-0.2, -0.15) is 0 Å². The molecule has 0 aliphatic carbocycles. The summed E-state index contributed by atoms with van der Waals surface area (Å²) in [5, 5.41) is 7.73. The maximum absolute atomic E-state index is 4.99. The molecule has 0 N–H and O–H groups in total.